The van der Waals surface area contributed by atoms with E-state index in [0.717, 1.165) is 45.4 Å². The number of H-pyrrole nitrogens is 2. The van der Waals surface area contributed by atoms with Crippen molar-refractivity contribution < 1.29 is 0 Å². The van der Waals surface area contributed by atoms with E-state index in [1.165, 1.54) is 0 Å². The van der Waals surface area contributed by atoms with Gasteiger partial charge >= 0.3 is 0 Å². The molecule has 0 bridgehead atoms. The van der Waals surface area contributed by atoms with Crippen molar-refractivity contribution >= 4 is 0 Å². The van der Waals surface area contributed by atoms with Crippen molar-refractivity contribution in [3.05, 3.63) is 66.6 Å². The third-order valence-corrected chi connectivity index (χ3v) is 4.41. The Kier molecular flexibility index (Phi) is 4.53. The summed E-state index contributed by atoms with van der Waals surface area (Å²) in [5, 5.41) is 0. The zero-order chi connectivity index (χ0) is 18.8. The molecule has 0 aliphatic rings. The topological polar surface area (TPSA) is 122 Å². The summed E-state index contributed by atoms with van der Waals surface area (Å²) in [6.07, 6.45) is 5.42. The van der Waals surface area contributed by atoms with Gasteiger partial charge in [0.2, 0.25) is 0 Å². The third kappa shape index (κ3) is 3.51. The molecule has 0 unspecified atom stereocenters. The lowest BCUT2D eigenvalue weighted by atomic mass is 10.1. The second-order valence-electron chi connectivity index (χ2n) is 6.43. The first kappa shape index (κ1) is 17.1. The van der Waals surface area contributed by atoms with Gasteiger partial charge < -0.3 is 21.4 Å². The van der Waals surface area contributed by atoms with Gasteiger partial charge in [-0.05, 0) is 24.6 Å². The summed E-state index contributed by atoms with van der Waals surface area (Å²) in [4.78, 5) is 19.5. The van der Waals surface area contributed by atoms with Crippen LogP contribution >= 0.6 is 0 Å². The predicted molar refractivity (Wildman–Crippen MR) is 105 cm³/mol. The highest BCUT2D eigenvalue weighted by Crippen LogP contribution is 2.25. The number of nitrogens with one attached hydrogen (secondary N) is 2. The van der Waals surface area contributed by atoms with Gasteiger partial charge in [0.25, 0.3) is 0 Å². The van der Waals surface area contributed by atoms with Gasteiger partial charge in [0.05, 0.1) is 42.1 Å². The van der Waals surface area contributed by atoms with Gasteiger partial charge in [0.15, 0.2) is 0 Å². The monoisotopic (exact) mass is 359 g/mol. The summed E-state index contributed by atoms with van der Waals surface area (Å²) in [6.45, 7) is 2.30. The summed E-state index contributed by atoms with van der Waals surface area (Å²) in [6, 6.07) is 12.1. The molecule has 0 aliphatic carbocycles. The first-order valence-electron chi connectivity index (χ1n) is 8.75. The molecule has 0 aliphatic heterocycles. The first-order chi connectivity index (χ1) is 13.1. The second kappa shape index (κ2) is 7.14. The molecule has 27 heavy (non-hydrogen) atoms. The van der Waals surface area contributed by atoms with Gasteiger partial charge in [-0.3, -0.25) is 4.98 Å². The molecule has 1 atom stereocenters. The van der Waals surface area contributed by atoms with Crippen LogP contribution in [0.5, 0.6) is 0 Å². The van der Waals surface area contributed by atoms with Crippen LogP contribution < -0.4 is 11.5 Å². The number of rotatable bonds is 5. The molecule has 1 aromatic carbocycles. The third-order valence-electron chi connectivity index (χ3n) is 4.41. The van der Waals surface area contributed by atoms with E-state index in [9.17, 15) is 0 Å². The van der Waals surface area contributed by atoms with Crippen molar-refractivity contribution in [1.82, 2.24) is 24.9 Å². The van der Waals surface area contributed by atoms with Gasteiger partial charge in [0, 0.05) is 17.3 Å². The Hall–Kier alpha value is -3.29. The zero-order valence-corrected chi connectivity index (χ0v) is 15.0. The summed E-state index contributed by atoms with van der Waals surface area (Å²) >= 11 is 0. The number of aromatic nitrogens is 5. The number of benzene rings is 1. The number of pyridine rings is 1. The van der Waals surface area contributed by atoms with Gasteiger partial charge in [-0.1, -0.05) is 24.3 Å². The van der Waals surface area contributed by atoms with Gasteiger partial charge in [-0.2, -0.15) is 0 Å². The Morgan fingerprint density at radius 1 is 0.815 bits per heavy atom. The summed E-state index contributed by atoms with van der Waals surface area (Å²) in [5.74, 6) is 1.54. The maximum absolute atomic E-state index is 5.85. The minimum atomic E-state index is -0.125. The van der Waals surface area contributed by atoms with E-state index in [4.69, 9.17) is 11.5 Å². The number of imidazole rings is 2. The highest BCUT2D eigenvalue weighted by molar-refractivity contribution is 5.68. The molecule has 6 N–H and O–H groups in total. The van der Waals surface area contributed by atoms with Crippen LogP contribution in [0.1, 0.15) is 24.6 Å². The van der Waals surface area contributed by atoms with Crippen LogP contribution in [-0.2, 0) is 6.54 Å². The molecule has 136 valence electrons. The molecule has 0 saturated carbocycles. The summed E-state index contributed by atoms with van der Waals surface area (Å²) < 4.78 is 0. The molecule has 4 rings (SSSR count). The maximum Gasteiger partial charge on any atom is 0.123 e. The average molecular weight is 359 g/mol. The Morgan fingerprint density at radius 2 is 1.48 bits per heavy atom. The smallest absolute Gasteiger partial charge is 0.123 e. The maximum atomic E-state index is 5.85. The van der Waals surface area contributed by atoms with E-state index in [1.807, 2.05) is 49.5 Å². The van der Waals surface area contributed by atoms with Crippen LogP contribution in [0.15, 0.2) is 55.0 Å². The van der Waals surface area contributed by atoms with E-state index in [0.29, 0.717) is 6.54 Å². The van der Waals surface area contributed by atoms with Crippen LogP contribution in [0, 0.1) is 0 Å². The van der Waals surface area contributed by atoms with E-state index in [2.05, 4.69) is 24.9 Å². The van der Waals surface area contributed by atoms with Gasteiger partial charge in [-0.25, -0.2) is 9.97 Å². The molecule has 3 aromatic heterocycles. The highest BCUT2D eigenvalue weighted by Gasteiger charge is 2.08. The van der Waals surface area contributed by atoms with Crippen LogP contribution in [0.2, 0.25) is 0 Å². The molecule has 0 fully saturated rings. The van der Waals surface area contributed by atoms with E-state index >= 15 is 0 Å². The second-order valence-corrected chi connectivity index (χ2v) is 6.43. The number of hydrogen-bond acceptors (Lipinski definition) is 5. The molecule has 0 amide bonds. The Labute approximate surface area is 156 Å². The van der Waals surface area contributed by atoms with Gasteiger partial charge in [0.1, 0.15) is 11.6 Å². The first-order valence-corrected chi connectivity index (χ1v) is 8.75. The number of aromatic amines is 2. The fourth-order valence-electron chi connectivity index (χ4n) is 2.87. The molecule has 0 spiro atoms. The predicted octanol–water partition coefficient (Wildman–Crippen LogP) is 3.01. The number of nitrogens with two attached hydrogens (primary N) is 2. The summed E-state index contributed by atoms with van der Waals surface area (Å²) in [5.41, 5.74) is 17.3. The molecule has 0 saturated heterocycles. The molecule has 4 aromatic rings. The van der Waals surface area contributed by atoms with Crippen molar-refractivity contribution in [3.8, 4) is 33.8 Å². The van der Waals surface area contributed by atoms with Crippen LogP contribution in [0.4, 0.5) is 0 Å². The number of hydrogen-bond donors (Lipinski definition) is 4. The highest BCUT2D eigenvalue weighted by atomic mass is 15.0. The largest absolute Gasteiger partial charge is 0.341 e. The lowest BCUT2D eigenvalue weighted by Gasteiger charge is -2.04. The van der Waals surface area contributed by atoms with Crippen LogP contribution in [0.25, 0.3) is 33.8 Å². The lowest BCUT2D eigenvalue weighted by Crippen LogP contribution is -2.06. The Balaban J connectivity index is 1.54. The van der Waals surface area contributed by atoms with Crippen molar-refractivity contribution in [3.63, 3.8) is 0 Å². The Morgan fingerprint density at radius 3 is 2.07 bits per heavy atom. The molecule has 7 heteroatoms. The van der Waals surface area contributed by atoms with Crippen molar-refractivity contribution in [1.29, 1.82) is 0 Å². The minimum Gasteiger partial charge on any atom is -0.341 e. The van der Waals surface area contributed by atoms with Gasteiger partial charge in [-0.15, -0.1) is 0 Å². The summed E-state index contributed by atoms with van der Waals surface area (Å²) in [7, 11) is 0. The normalized spacial score (nSPS) is 12.3. The SMILES string of the molecule is C[C@H](N)c1ncc(-c2ccc(-c3ccc(-c4cnc(CN)[nH]4)cc3)nc2)[nH]1. The molecule has 7 nitrogen and oxygen atoms in total. The van der Waals surface area contributed by atoms with Crippen molar-refractivity contribution in [2.24, 2.45) is 11.5 Å². The fourth-order valence-corrected chi connectivity index (χ4v) is 2.87. The van der Waals surface area contributed by atoms with Crippen LogP contribution in [-0.4, -0.2) is 24.9 Å². The van der Waals surface area contributed by atoms with E-state index in [1.54, 1.807) is 12.4 Å². The van der Waals surface area contributed by atoms with Crippen molar-refractivity contribution in [2.75, 3.05) is 0 Å². The fraction of sp³-hybridized carbons (Fsp3) is 0.150. The standard InChI is InChI=1S/C20H21N7/c1-12(22)20-25-11-18(27-20)15-6-7-16(23-9-15)13-2-4-14(5-3-13)17-10-24-19(8-21)26-17/h2-7,9-12H,8,21-22H2,1H3,(H,24,26)(H,25,27)/t12-/m0/s1. The number of nitrogens with zero attached hydrogens (tertiary/aromatic N) is 3. The zero-order valence-electron chi connectivity index (χ0n) is 15.0. The Bertz CT molecular complexity index is 1030. The van der Waals surface area contributed by atoms with Crippen molar-refractivity contribution in [2.45, 2.75) is 19.5 Å². The lowest BCUT2D eigenvalue weighted by molar-refractivity contribution is 0.756. The quantitative estimate of drug-likeness (QED) is 0.436. The van der Waals surface area contributed by atoms with E-state index in [-0.39, 0.29) is 6.04 Å². The molecule has 3 heterocycles. The molecular weight excluding hydrogens is 338 g/mol. The minimum absolute atomic E-state index is 0.125. The molecular formula is C20H21N7. The average Bonchev–Trinajstić information content (AvgIpc) is 3.38. The van der Waals surface area contributed by atoms with E-state index < -0.39 is 0 Å². The van der Waals surface area contributed by atoms with Crippen LogP contribution in [0.3, 0.4) is 0 Å². The molecule has 0 radical (unpaired) electrons.